The molecule has 0 unspecified atom stereocenters. The molecule has 2 nitrogen and oxygen atoms in total. The van der Waals surface area contributed by atoms with Gasteiger partial charge >= 0.3 is 3.83 Å². The van der Waals surface area contributed by atoms with Crippen molar-refractivity contribution in [2.45, 2.75) is 53.4 Å². The predicted octanol–water partition coefficient (Wildman–Crippen LogP) is 5.61. The van der Waals surface area contributed by atoms with Crippen LogP contribution in [0.15, 0.2) is 48.8 Å². The molecule has 0 fully saturated rings. The molecule has 1 heterocycles. The lowest BCUT2D eigenvalue weighted by molar-refractivity contribution is -0.609. The molecule has 1 aromatic heterocycles. The number of hydrogen-bond acceptors (Lipinski definition) is 0. The number of halogens is 1. The van der Waals surface area contributed by atoms with Crippen LogP contribution in [0.1, 0.15) is 49.9 Å². The molecule has 0 aliphatic carbocycles. The first-order chi connectivity index (χ1) is 12.7. The second kappa shape index (κ2) is 8.38. The molecule has 0 spiro atoms. The molecular weight excluding hydrogens is 431 g/mol. The van der Waals surface area contributed by atoms with Gasteiger partial charge in [0.1, 0.15) is 23.8 Å². The maximum Gasteiger partial charge on any atom is 0.327 e. The van der Waals surface area contributed by atoms with Crippen molar-refractivity contribution in [1.82, 2.24) is 4.57 Å². The van der Waals surface area contributed by atoms with E-state index in [1.807, 2.05) is 0 Å². The summed E-state index contributed by atoms with van der Waals surface area (Å²) < 4.78 is 5.96. The fourth-order valence-electron chi connectivity index (χ4n) is 3.76. The Hall–Kier alpha value is -1.62. The molecule has 136 valence electrons. The Morgan fingerprint density at radius 3 is 1.69 bits per heavy atom. The van der Waals surface area contributed by atoms with Gasteiger partial charge in [0.2, 0.25) is 0 Å². The highest BCUT2D eigenvalue weighted by molar-refractivity contribution is 14.1. The lowest BCUT2D eigenvalue weighted by atomic mass is 10.0. The van der Waals surface area contributed by atoms with Gasteiger partial charge in [-0.2, -0.15) is 9.13 Å². The Morgan fingerprint density at radius 2 is 1.23 bits per heavy atom. The van der Waals surface area contributed by atoms with Crippen LogP contribution in [0.4, 0.5) is 0 Å². The third kappa shape index (κ3) is 3.34. The van der Waals surface area contributed by atoms with Gasteiger partial charge < -0.3 is 0 Å². The summed E-state index contributed by atoms with van der Waals surface area (Å²) in [7, 11) is 0. The van der Waals surface area contributed by atoms with E-state index in [4.69, 9.17) is 0 Å². The first kappa shape index (κ1) is 19.2. The van der Waals surface area contributed by atoms with E-state index in [1.54, 1.807) is 0 Å². The summed E-state index contributed by atoms with van der Waals surface area (Å²) in [6.07, 6.45) is 8.63. The Kier molecular flexibility index (Phi) is 6.17. The quantitative estimate of drug-likeness (QED) is 0.335. The van der Waals surface area contributed by atoms with Gasteiger partial charge in [0.25, 0.3) is 0 Å². The normalized spacial score (nSPS) is 11.1. The number of imidazole rings is 1. The largest absolute Gasteiger partial charge is 0.327 e. The first-order valence-electron chi connectivity index (χ1n) is 9.66. The summed E-state index contributed by atoms with van der Waals surface area (Å²) in [5, 5.41) is 0. The third-order valence-electron chi connectivity index (χ3n) is 5.17. The molecule has 0 N–H and O–H groups in total. The van der Waals surface area contributed by atoms with Crippen LogP contribution in [0.5, 0.6) is 0 Å². The molecule has 0 aliphatic rings. The van der Waals surface area contributed by atoms with Crippen LogP contribution in [-0.2, 0) is 25.7 Å². The fourth-order valence-corrected chi connectivity index (χ4v) is 4.56. The molecule has 3 aromatic rings. The summed E-state index contributed by atoms with van der Waals surface area (Å²) in [5.74, 6) is 0. The van der Waals surface area contributed by atoms with E-state index in [0.29, 0.717) is 0 Å². The van der Waals surface area contributed by atoms with E-state index in [1.165, 1.54) is 37.5 Å². The van der Waals surface area contributed by atoms with Crippen molar-refractivity contribution in [3.8, 4) is 11.4 Å². The van der Waals surface area contributed by atoms with Gasteiger partial charge in [0.05, 0.1) is 22.6 Å². The SMILES string of the molecule is CCc1cccc(CC)c1-n1cc[n+](-c2c(CC)cccc2CC)c1I. The van der Waals surface area contributed by atoms with Crippen molar-refractivity contribution in [2.75, 3.05) is 0 Å². The number of benzene rings is 2. The number of rotatable bonds is 6. The maximum atomic E-state index is 2.50. The van der Waals surface area contributed by atoms with Gasteiger partial charge in [-0.15, -0.1) is 0 Å². The summed E-state index contributed by atoms with van der Waals surface area (Å²) >= 11 is 2.50. The molecule has 0 bridgehead atoms. The second-order valence-corrected chi connectivity index (χ2v) is 7.54. The van der Waals surface area contributed by atoms with Crippen LogP contribution in [0, 0.1) is 3.83 Å². The minimum atomic E-state index is 1.04. The Balaban J connectivity index is 2.24. The van der Waals surface area contributed by atoms with E-state index in [0.717, 1.165) is 25.7 Å². The van der Waals surface area contributed by atoms with Crippen molar-refractivity contribution >= 4 is 22.6 Å². The smallest absolute Gasteiger partial charge is 0.190 e. The highest BCUT2D eigenvalue weighted by atomic mass is 127. The van der Waals surface area contributed by atoms with Crippen LogP contribution in [-0.4, -0.2) is 4.57 Å². The third-order valence-corrected chi connectivity index (χ3v) is 6.21. The molecule has 26 heavy (non-hydrogen) atoms. The average Bonchev–Trinajstić information content (AvgIpc) is 3.06. The van der Waals surface area contributed by atoms with Crippen LogP contribution >= 0.6 is 22.6 Å². The van der Waals surface area contributed by atoms with E-state index in [2.05, 4.69) is 108 Å². The number of aryl methyl sites for hydroxylation is 4. The molecule has 2 aromatic carbocycles. The minimum Gasteiger partial charge on any atom is -0.190 e. The molecule has 3 heteroatoms. The lowest BCUT2D eigenvalue weighted by Gasteiger charge is -2.12. The molecule has 0 atom stereocenters. The zero-order chi connectivity index (χ0) is 18.7. The number of aromatic nitrogens is 2. The van der Waals surface area contributed by atoms with Crippen LogP contribution in [0.3, 0.4) is 0 Å². The number of nitrogens with zero attached hydrogens (tertiary/aromatic N) is 2. The molecular formula is C23H28IN2+. The van der Waals surface area contributed by atoms with Crippen LogP contribution in [0.2, 0.25) is 0 Å². The molecule has 0 amide bonds. The standard InChI is InChI=1S/C23H28IN2/c1-5-17-11-9-12-18(6-2)21(17)25-15-16-26(23(25)24)22-19(7-3)13-10-14-20(22)8-4/h9-16H,5-8H2,1-4H3/q+1. The van der Waals surface area contributed by atoms with Gasteiger partial charge in [-0.3, -0.25) is 0 Å². The lowest BCUT2D eigenvalue weighted by Crippen LogP contribution is -2.35. The van der Waals surface area contributed by atoms with E-state index >= 15 is 0 Å². The van der Waals surface area contributed by atoms with Gasteiger partial charge in [-0.1, -0.05) is 64.1 Å². The number of para-hydroxylation sites is 2. The van der Waals surface area contributed by atoms with Crippen LogP contribution < -0.4 is 4.57 Å². The van der Waals surface area contributed by atoms with Crippen molar-refractivity contribution < 1.29 is 4.57 Å². The van der Waals surface area contributed by atoms with Gasteiger partial charge in [0, 0.05) is 0 Å². The summed E-state index contributed by atoms with van der Waals surface area (Å²) in [6, 6.07) is 13.4. The van der Waals surface area contributed by atoms with Crippen LogP contribution in [0.25, 0.3) is 11.4 Å². The van der Waals surface area contributed by atoms with Gasteiger partial charge in [0.15, 0.2) is 0 Å². The van der Waals surface area contributed by atoms with Crippen molar-refractivity contribution in [1.29, 1.82) is 0 Å². The molecule has 3 rings (SSSR count). The summed E-state index contributed by atoms with van der Waals surface area (Å²) in [4.78, 5) is 0. The zero-order valence-corrected chi connectivity index (χ0v) is 18.4. The van der Waals surface area contributed by atoms with E-state index in [9.17, 15) is 0 Å². The number of hydrogen-bond donors (Lipinski definition) is 0. The Morgan fingerprint density at radius 1 is 0.769 bits per heavy atom. The molecule has 0 radical (unpaired) electrons. The average molecular weight is 459 g/mol. The minimum absolute atomic E-state index is 1.04. The molecule has 0 saturated heterocycles. The predicted molar refractivity (Wildman–Crippen MR) is 118 cm³/mol. The molecule has 0 saturated carbocycles. The maximum absolute atomic E-state index is 2.50. The highest BCUT2D eigenvalue weighted by Crippen LogP contribution is 2.25. The van der Waals surface area contributed by atoms with Crippen molar-refractivity contribution in [3.05, 3.63) is 74.9 Å². The Bertz CT molecular complexity index is 791. The zero-order valence-electron chi connectivity index (χ0n) is 16.2. The van der Waals surface area contributed by atoms with Gasteiger partial charge in [-0.25, -0.2) is 0 Å². The summed E-state index contributed by atoms with van der Waals surface area (Å²) in [5.41, 5.74) is 8.34. The van der Waals surface area contributed by atoms with Gasteiger partial charge in [-0.05, 0) is 47.9 Å². The highest BCUT2D eigenvalue weighted by Gasteiger charge is 2.24. The van der Waals surface area contributed by atoms with Crippen molar-refractivity contribution in [2.24, 2.45) is 0 Å². The first-order valence-corrected chi connectivity index (χ1v) is 10.7. The monoisotopic (exact) mass is 459 g/mol. The second-order valence-electron chi connectivity index (χ2n) is 6.57. The Labute approximate surface area is 171 Å². The topological polar surface area (TPSA) is 8.81 Å². The molecule has 0 aliphatic heterocycles. The van der Waals surface area contributed by atoms with E-state index < -0.39 is 0 Å². The summed E-state index contributed by atoms with van der Waals surface area (Å²) in [6.45, 7) is 8.96. The van der Waals surface area contributed by atoms with E-state index in [-0.39, 0.29) is 0 Å². The fraction of sp³-hybridized carbons (Fsp3) is 0.348. The van der Waals surface area contributed by atoms with Crippen molar-refractivity contribution in [3.63, 3.8) is 0 Å².